The summed E-state index contributed by atoms with van der Waals surface area (Å²) in [7, 11) is 0. The lowest BCUT2D eigenvalue weighted by molar-refractivity contribution is -0.142. The van der Waals surface area contributed by atoms with Crippen LogP contribution in [0.2, 0.25) is 0 Å². The molecule has 3 aliphatic rings. The van der Waals surface area contributed by atoms with Gasteiger partial charge in [-0.3, -0.25) is 9.89 Å². The Balaban J connectivity index is 1.24. The third-order valence-electron chi connectivity index (χ3n) is 7.54. The number of amides is 1. The predicted molar refractivity (Wildman–Crippen MR) is 117 cm³/mol. The molecule has 1 aromatic heterocycles. The van der Waals surface area contributed by atoms with E-state index in [1.807, 2.05) is 12.1 Å². The van der Waals surface area contributed by atoms with Crippen LogP contribution >= 0.6 is 0 Å². The Morgan fingerprint density at radius 1 is 1.12 bits per heavy atom. The summed E-state index contributed by atoms with van der Waals surface area (Å²) in [5.41, 5.74) is 2.27. The van der Waals surface area contributed by atoms with Crippen LogP contribution in [0.15, 0.2) is 42.6 Å². The van der Waals surface area contributed by atoms with Crippen molar-refractivity contribution in [2.75, 3.05) is 13.2 Å². The first kappa shape index (κ1) is 21.6. The molecular weight excluding hydrogens is 412 g/mol. The Morgan fingerprint density at radius 3 is 2.53 bits per heavy atom. The third-order valence-corrected chi connectivity index (χ3v) is 7.54. The van der Waals surface area contributed by atoms with E-state index in [0.717, 1.165) is 44.2 Å². The van der Waals surface area contributed by atoms with Crippen molar-refractivity contribution < 1.29 is 18.3 Å². The number of aromatic amines is 1. The Bertz CT molecular complexity index is 897. The average Bonchev–Trinajstić information content (AvgIpc) is 3.20. The number of piperidine rings is 1. The molecule has 2 aliphatic carbocycles. The highest BCUT2D eigenvalue weighted by Crippen LogP contribution is 2.50. The van der Waals surface area contributed by atoms with Crippen molar-refractivity contribution in [3.05, 3.63) is 53.9 Å². The van der Waals surface area contributed by atoms with E-state index in [9.17, 15) is 13.6 Å². The standard InChI is InChI=1S/C25H31F2N3O2/c26-25(27)15-21(25)24(31)30-14-4-7-20(22-12-13-28-29-22)23(30)16-32-19-10-8-18(9-11-19)17-5-2-1-3-6-17/h1-3,5-6,12-13,18-21,23H,4,7-11,14-16H2,(H,28,29)/t18-,19+,20-,21?,23+/m1/s1. The van der Waals surface area contributed by atoms with E-state index in [-0.39, 0.29) is 24.5 Å². The number of likely N-dealkylation sites (tertiary alicyclic amines) is 1. The van der Waals surface area contributed by atoms with E-state index in [4.69, 9.17) is 4.74 Å². The van der Waals surface area contributed by atoms with Gasteiger partial charge in [-0.15, -0.1) is 0 Å². The number of hydrogen-bond acceptors (Lipinski definition) is 3. The number of nitrogens with zero attached hydrogens (tertiary/aromatic N) is 2. The van der Waals surface area contributed by atoms with E-state index in [0.29, 0.717) is 19.1 Å². The lowest BCUT2D eigenvalue weighted by Gasteiger charge is -2.41. The number of aromatic nitrogens is 2. The summed E-state index contributed by atoms with van der Waals surface area (Å²) >= 11 is 0. The van der Waals surface area contributed by atoms with Crippen LogP contribution in [0.4, 0.5) is 8.78 Å². The molecule has 0 bridgehead atoms. The zero-order valence-electron chi connectivity index (χ0n) is 18.3. The highest BCUT2D eigenvalue weighted by molar-refractivity contribution is 5.83. The van der Waals surface area contributed by atoms with Gasteiger partial charge < -0.3 is 9.64 Å². The fraction of sp³-hybridized carbons (Fsp3) is 0.600. The van der Waals surface area contributed by atoms with Crippen LogP contribution in [0.1, 0.15) is 68.0 Å². The minimum Gasteiger partial charge on any atom is -0.376 e. The molecule has 1 saturated heterocycles. The van der Waals surface area contributed by atoms with Gasteiger partial charge in [0.05, 0.1) is 24.4 Å². The highest BCUT2D eigenvalue weighted by atomic mass is 19.3. The van der Waals surface area contributed by atoms with Crippen molar-refractivity contribution in [3.8, 4) is 0 Å². The molecule has 3 fully saturated rings. The van der Waals surface area contributed by atoms with E-state index in [1.165, 1.54) is 5.56 Å². The number of alkyl halides is 2. The Labute approximate surface area is 187 Å². The number of H-pyrrole nitrogens is 1. The molecule has 172 valence electrons. The van der Waals surface area contributed by atoms with Crippen LogP contribution in [0.5, 0.6) is 0 Å². The van der Waals surface area contributed by atoms with Crippen molar-refractivity contribution in [2.45, 2.75) is 74.8 Å². The fourth-order valence-corrected chi connectivity index (χ4v) is 5.56. The highest BCUT2D eigenvalue weighted by Gasteiger charge is 2.63. The summed E-state index contributed by atoms with van der Waals surface area (Å²) in [6, 6.07) is 12.3. The van der Waals surface area contributed by atoms with Gasteiger partial charge in [0, 0.05) is 25.1 Å². The quantitative estimate of drug-likeness (QED) is 0.692. The molecule has 3 atom stereocenters. The van der Waals surface area contributed by atoms with Gasteiger partial charge in [-0.25, -0.2) is 8.78 Å². The van der Waals surface area contributed by atoms with Gasteiger partial charge in [-0.2, -0.15) is 5.10 Å². The van der Waals surface area contributed by atoms with Crippen LogP contribution in [-0.4, -0.2) is 52.2 Å². The van der Waals surface area contributed by atoms with Gasteiger partial charge in [0.25, 0.3) is 5.92 Å². The Morgan fingerprint density at radius 2 is 1.88 bits per heavy atom. The van der Waals surface area contributed by atoms with Crippen LogP contribution in [0.25, 0.3) is 0 Å². The van der Waals surface area contributed by atoms with Gasteiger partial charge >= 0.3 is 0 Å². The van der Waals surface area contributed by atoms with Crippen LogP contribution < -0.4 is 0 Å². The number of carbonyl (C=O) groups is 1. The number of carbonyl (C=O) groups excluding carboxylic acids is 1. The zero-order valence-corrected chi connectivity index (χ0v) is 18.3. The van der Waals surface area contributed by atoms with Crippen molar-refractivity contribution in [3.63, 3.8) is 0 Å². The topological polar surface area (TPSA) is 58.2 Å². The van der Waals surface area contributed by atoms with E-state index in [2.05, 4.69) is 34.5 Å². The van der Waals surface area contributed by atoms with Gasteiger partial charge in [-0.1, -0.05) is 30.3 Å². The third kappa shape index (κ3) is 4.45. The van der Waals surface area contributed by atoms with Crippen molar-refractivity contribution in [1.29, 1.82) is 0 Å². The second-order valence-corrected chi connectivity index (χ2v) is 9.58. The van der Waals surface area contributed by atoms with Gasteiger partial charge in [0.15, 0.2) is 0 Å². The summed E-state index contributed by atoms with van der Waals surface area (Å²) < 4.78 is 33.7. The molecule has 5 nitrogen and oxygen atoms in total. The average molecular weight is 444 g/mol. The van der Waals surface area contributed by atoms with E-state index >= 15 is 0 Å². The van der Waals surface area contributed by atoms with Crippen LogP contribution in [0.3, 0.4) is 0 Å². The predicted octanol–water partition coefficient (Wildman–Crippen LogP) is 4.88. The molecule has 1 aromatic carbocycles. The molecule has 2 saturated carbocycles. The molecule has 0 radical (unpaired) electrons. The number of ether oxygens (including phenoxy) is 1. The van der Waals surface area contributed by atoms with Gasteiger partial charge in [-0.05, 0) is 56.1 Å². The van der Waals surface area contributed by atoms with E-state index < -0.39 is 17.7 Å². The van der Waals surface area contributed by atoms with E-state index in [1.54, 1.807) is 11.1 Å². The minimum atomic E-state index is -2.85. The summed E-state index contributed by atoms with van der Waals surface area (Å²) in [4.78, 5) is 14.6. The molecule has 2 heterocycles. The number of rotatable bonds is 6. The molecule has 1 unspecified atom stereocenters. The maximum Gasteiger partial charge on any atom is 0.260 e. The lowest BCUT2D eigenvalue weighted by atomic mass is 9.82. The lowest BCUT2D eigenvalue weighted by Crippen LogP contribution is -2.51. The maximum atomic E-state index is 13.7. The number of halogens is 2. The monoisotopic (exact) mass is 443 g/mol. The fourth-order valence-electron chi connectivity index (χ4n) is 5.56. The normalized spacial score (nSPS) is 31.9. The molecule has 1 aliphatic heterocycles. The number of nitrogens with one attached hydrogen (secondary N) is 1. The van der Waals surface area contributed by atoms with Crippen molar-refractivity contribution in [1.82, 2.24) is 15.1 Å². The molecular formula is C25H31F2N3O2. The smallest absolute Gasteiger partial charge is 0.260 e. The first-order valence-electron chi connectivity index (χ1n) is 11.9. The number of benzene rings is 1. The summed E-state index contributed by atoms with van der Waals surface area (Å²) in [6.45, 7) is 0.892. The Hall–Kier alpha value is -2.28. The first-order chi connectivity index (χ1) is 15.5. The summed E-state index contributed by atoms with van der Waals surface area (Å²) in [5, 5.41) is 7.20. The van der Waals surface area contributed by atoms with Gasteiger partial charge in [0.2, 0.25) is 5.91 Å². The Kier molecular flexibility index (Phi) is 6.01. The van der Waals surface area contributed by atoms with Gasteiger partial charge in [0.1, 0.15) is 5.92 Å². The molecule has 1 amide bonds. The first-order valence-corrected chi connectivity index (χ1v) is 11.9. The minimum absolute atomic E-state index is 0.00646. The van der Waals surface area contributed by atoms with Crippen molar-refractivity contribution in [2.24, 2.45) is 5.92 Å². The molecule has 1 N–H and O–H groups in total. The SMILES string of the molecule is O=C(C1CC1(F)F)N1CCC[C@H](c2cc[nH]n2)[C@@H]1CO[C@H]1CC[C@@H](c2ccccc2)CC1. The number of hydrogen-bond donors (Lipinski definition) is 1. The van der Waals surface area contributed by atoms with Crippen LogP contribution in [0, 0.1) is 5.92 Å². The molecule has 5 rings (SSSR count). The molecule has 32 heavy (non-hydrogen) atoms. The molecule has 2 aromatic rings. The molecule has 0 spiro atoms. The second-order valence-electron chi connectivity index (χ2n) is 9.58. The summed E-state index contributed by atoms with van der Waals surface area (Å²) in [5.74, 6) is -3.86. The zero-order chi connectivity index (χ0) is 22.1. The largest absolute Gasteiger partial charge is 0.376 e. The summed E-state index contributed by atoms with van der Waals surface area (Å²) in [6.07, 6.45) is 7.39. The second kappa shape index (κ2) is 8.93. The molecule has 7 heteroatoms. The maximum absolute atomic E-state index is 13.7. The van der Waals surface area contributed by atoms with Crippen LogP contribution in [-0.2, 0) is 9.53 Å². The van der Waals surface area contributed by atoms with Crippen molar-refractivity contribution >= 4 is 5.91 Å².